The number of nitrogens with zero attached hydrogens (tertiary/aromatic N) is 2. The molecule has 1 aromatic rings. The Bertz CT molecular complexity index is 481. The third kappa shape index (κ3) is 3.24. The first-order valence-corrected chi connectivity index (χ1v) is 7.42. The van der Waals surface area contributed by atoms with Crippen LogP contribution >= 0.6 is 0 Å². The van der Waals surface area contributed by atoms with Crippen LogP contribution in [0.3, 0.4) is 0 Å². The van der Waals surface area contributed by atoms with Crippen LogP contribution in [-0.4, -0.2) is 37.5 Å². The molecule has 4 nitrogen and oxygen atoms in total. The summed E-state index contributed by atoms with van der Waals surface area (Å²) in [6, 6.07) is 6.33. The van der Waals surface area contributed by atoms with Gasteiger partial charge in [0.15, 0.2) is 0 Å². The molecule has 0 aliphatic heterocycles. The van der Waals surface area contributed by atoms with Gasteiger partial charge < -0.3 is 15.5 Å². The van der Waals surface area contributed by atoms with Crippen LogP contribution in [-0.2, 0) is 0 Å². The Labute approximate surface area is 121 Å². The first kappa shape index (κ1) is 14.7. The van der Waals surface area contributed by atoms with Crippen LogP contribution in [0.5, 0.6) is 0 Å². The van der Waals surface area contributed by atoms with Crippen molar-refractivity contribution in [2.45, 2.75) is 38.6 Å². The Hall–Kier alpha value is -1.71. The molecular weight excluding hydrogens is 250 g/mol. The fourth-order valence-corrected chi connectivity index (χ4v) is 2.42. The number of unbranched alkanes of at least 4 members (excludes halogenated alkanes) is 1. The monoisotopic (exact) mass is 275 g/mol. The maximum atomic E-state index is 12.0. The van der Waals surface area contributed by atoms with Gasteiger partial charge in [-0.15, -0.1) is 0 Å². The molecule has 1 aliphatic carbocycles. The van der Waals surface area contributed by atoms with E-state index in [4.69, 9.17) is 5.73 Å². The highest BCUT2D eigenvalue weighted by atomic mass is 16.2. The van der Waals surface area contributed by atoms with Crippen LogP contribution in [0.1, 0.15) is 43.0 Å². The first-order chi connectivity index (χ1) is 9.54. The third-order valence-corrected chi connectivity index (χ3v) is 3.73. The van der Waals surface area contributed by atoms with Gasteiger partial charge in [-0.25, -0.2) is 0 Å². The molecular formula is C16H25N3O. The zero-order chi connectivity index (χ0) is 14.7. The van der Waals surface area contributed by atoms with Gasteiger partial charge in [0.2, 0.25) is 0 Å². The summed E-state index contributed by atoms with van der Waals surface area (Å²) >= 11 is 0. The van der Waals surface area contributed by atoms with Crippen molar-refractivity contribution < 1.29 is 4.79 Å². The van der Waals surface area contributed by atoms with Crippen LogP contribution in [0.25, 0.3) is 0 Å². The van der Waals surface area contributed by atoms with Crippen LogP contribution in [0.4, 0.5) is 11.4 Å². The van der Waals surface area contributed by atoms with E-state index in [1.54, 1.807) is 25.1 Å². The van der Waals surface area contributed by atoms with E-state index in [9.17, 15) is 4.79 Å². The normalized spacial score (nSPS) is 14.2. The highest BCUT2D eigenvalue weighted by Gasteiger charge is 2.29. The van der Waals surface area contributed by atoms with E-state index in [-0.39, 0.29) is 5.91 Å². The van der Waals surface area contributed by atoms with E-state index in [0.717, 1.165) is 12.2 Å². The molecule has 0 atom stereocenters. The fourth-order valence-electron chi connectivity index (χ4n) is 2.42. The van der Waals surface area contributed by atoms with Crippen molar-refractivity contribution in [3.05, 3.63) is 23.8 Å². The average Bonchev–Trinajstić information content (AvgIpc) is 3.24. The minimum absolute atomic E-state index is 0.00483. The molecule has 1 saturated carbocycles. The highest BCUT2D eigenvalue weighted by molar-refractivity contribution is 5.95. The van der Waals surface area contributed by atoms with Gasteiger partial charge in [0.25, 0.3) is 5.91 Å². The number of hydrogen-bond acceptors (Lipinski definition) is 3. The molecule has 0 radical (unpaired) electrons. The second-order valence-electron chi connectivity index (χ2n) is 5.75. The minimum Gasteiger partial charge on any atom is -0.397 e. The maximum absolute atomic E-state index is 12.0. The number of carbonyl (C=O) groups excluding carboxylic acids is 1. The van der Waals surface area contributed by atoms with Crippen molar-refractivity contribution in [1.29, 1.82) is 0 Å². The van der Waals surface area contributed by atoms with Gasteiger partial charge in [-0.05, 0) is 37.5 Å². The summed E-state index contributed by atoms with van der Waals surface area (Å²) in [4.78, 5) is 15.9. The average molecular weight is 275 g/mol. The molecule has 0 heterocycles. The molecule has 1 amide bonds. The van der Waals surface area contributed by atoms with E-state index in [2.05, 4.69) is 11.8 Å². The number of nitrogen functional groups attached to an aromatic ring is 1. The molecule has 4 heteroatoms. The summed E-state index contributed by atoms with van der Waals surface area (Å²) < 4.78 is 0. The maximum Gasteiger partial charge on any atom is 0.253 e. The predicted molar refractivity (Wildman–Crippen MR) is 84.1 cm³/mol. The predicted octanol–water partition coefficient (Wildman–Crippen LogP) is 2.74. The van der Waals surface area contributed by atoms with Crippen molar-refractivity contribution in [2.75, 3.05) is 31.3 Å². The van der Waals surface area contributed by atoms with Gasteiger partial charge in [0.05, 0.1) is 11.4 Å². The number of hydrogen-bond donors (Lipinski definition) is 1. The quantitative estimate of drug-likeness (QED) is 0.812. The second-order valence-corrected chi connectivity index (χ2v) is 5.75. The lowest BCUT2D eigenvalue weighted by Gasteiger charge is -2.26. The van der Waals surface area contributed by atoms with Gasteiger partial charge in [-0.2, -0.15) is 0 Å². The van der Waals surface area contributed by atoms with Crippen molar-refractivity contribution in [3.8, 4) is 0 Å². The molecule has 1 aromatic carbocycles. The van der Waals surface area contributed by atoms with E-state index in [1.165, 1.54) is 25.7 Å². The molecule has 20 heavy (non-hydrogen) atoms. The zero-order valence-corrected chi connectivity index (χ0v) is 12.7. The highest BCUT2D eigenvalue weighted by Crippen LogP contribution is 2.35. The SMILES string of the molecule is CCCCN(c1ccc(C(=O)N(C)C)cc1N)C1CC1. The topological polar surface area (TPSA) is 49.6 Å². The Morgan fingerprint density at radius 1 is 1.35 bits per heavy atom. The Balaban J connectivity index is 2.21. The van der Waals surface area contributed by atoms with Crippen LogP contribution in [0.2, 0.25) is 0 Å². The minimum atomic E-state index is -0.00483. The van der Waals surface area contributed by atoms with Crippen LogP contribution in [0.15, 0.2) is 18.2 Å². The molecule has 2 N–H and O–H groups in total. The van der Waals surface area contributed by atoms with Gasteiger partial charge in [0, 0.05) is 32.2 Å². The smallest absolute Gasteiger partial charge is 0.253 e. The number of amides is 1. The lowest BCUT2D eigenvalue weighted by molar-refractivity contribution is 0.0827. The lowest BCUT2D eigenvalue weighted by Crippen LogP contribution is -2.28. The van der Waals surface area contributed by atoms with E-state index < -0.39 is 0 Å². The van der Waals surface area contributed by atoms with E-state index >= 15 is 0 Å². The van der Waals surface area contributed by atoms with Crippen LogP contribution in [0, 0.1) is 0 Å². The number of rotatable bonds is 6. The molecule has 1 fully saturated rings. The third-order valence-electron chi connectivity index (χ3n) is 3.73. The first-order valence-electron chi connectivity index (χ1n) is 7.42. The summed E-state index contributed by atoms with van der Waals surface area (Å²) in [6.07, 6.45) is 4.86. The zero-order valence-electron chi connectivity index (χ0n) is 12.7. The summed E-state index contributed by atoms with van der Waals surface area (Å²) in [7, 11) is 3.51. The van der Waals surface area contributed by atoms with Gasteiger partial charge >= 0.3 is 0 Å². The number of nitrogens with two attached hydrogens (primary N) is 1. The van der Waals surface area contributed by atoms with Gasteiger partial charge in [0.1, 0.15) is 0 Å². The molecule has 2 rings (SSSR count). The molecule has 0 unspecified atom stereocenters. The number of carbonyl (C=O) groups is 1. The molecule has 0 aromatic heterocycles. The number of anilines is 2. The van der Waals surface area contributed by atoms with E-state index in [1.807, 2.05) is 12.1 Å². The summed E-state index contributed by atoms with van der Waals surface area (Å²) in [5.74, 6) is -0.00483. The van der Waals surface area contributed by atoms with Crippen molar-refractivity contribution in [3.63, 3.8) is 0 Å². The summed E-state index contributed by atoms with van der Waals surface area (Å²) in [5.41, 5.74) is 8.63. The fraction of sp³-hybridized carbons (Fsp3) is 0.562. The molecule has 110 valence electrons. The van der Waals surface area contributed by atoms with Crippen molar-refractivity contribution in [1.82, 2.24) is 4.90 Å². The molecule has 0 spiro atoms. The van der Waals surface area contributed by atoms with Crippen molar-refractivity contribution >= 4 is 17.3 Å². The molecule has 1 aliphatic rings. The number of benzene rings is 1. The summed E-state index contributed by atoms with van der Waals surface area (Å²) in [5, 5.41) is 0. The Morgan fingerprint density at radius 2 is 2.05 bits per heavy atom. The Kier molecular flexibility index (Phi) is 4.53. The largest absolute Gasteiger partial charge is 0.397 e. The second kappa shape index (κ2) is 6.16. The van der Waals surface area contributed by atoms with Gasteiger partial charge in [-0.3, -0.25) is 4.79 Å². The Morgan fingerprint density at radius 3 is 2.55 bits per heavy atom. The van der Waals surface area contributed by atoms with E-state index in [0.29, 0.717) is 17.3 Å². The lowest BCUT2D eigenvalue weighted by atomic mass is 10.1. The molecule has 0 bridgehead atoms. The molecule has 0 saturated heterocycles. The van der Waals surface area contributed by atoms with Gasteiger partial charge in [-0.1, -0.05) is 13.3 Å². The summed E-state index contributed by atoms with van der Waals surface area (Å²) in [6.45, 7) is 3.25. The standard InChI is InChI=1S/C16H25N3O/c1-4-5-10-19(13-7-8-13)15-9-6-12(11-14(15)17)16(20)18(2)3/h6,9,11,13H,4-5,7-8,10,17H2,1-3H3. The van der Waals surface area contributed by atoms with Crippen molar-refractivity contribution in [2.24, 2.45) is 0 Å². The van der Waals surface area contributed by atoms with Crippen LogP contribution < -0.4 is 10.6 Å².